The van der Waals surface area contributed by atoms with Gasteiger partial charge in [0.1, 0.15) is 0 Å². The van der Waals surface area contributed by atoms with E-state index in [0.29, 0.717) is 28.5 Å². The largest absolute Gasteiger partial charge is 0.302 e. The van der Waals surface area contributed by atoms with Gasteiger partial charge in [-0.25, -0.2) is 4.98 Å². The van der Waals surface area contributed by atoms with Gasteiger partial charge in [0.15, 0.2) is 10.9 Å². The molecule has 0 fully saturated rings. The lowest BCUT2D eigenvalue weighted by atomic mass is 9.87. The Morgan fingerprint density at radius 3 is 2.78 bits per heavy atom. The van der Waals surface area contributed by atoms with Crippen LogP contribution >= 0.6 is 21.4 Å². The van der Waals surface area contributed by atoms with Crippen LogP contribution < -0.4 is 5.32 Å². The van der Waals surface area contributed by atoms with Gasteiger partial charge in [-0.15, -0.1) is 0 Å². The summed E-state index contributed by atoms with van der Waals surface area (Å²) in [6, 6.07) is 0. The van der Waals surface area contributed by atoms with Crippen LogP contribution in [0.5, 0.6) is 0 Å². The van der Waals surface area contributed by atoms with Crippen molar-refractivity contribution in [2.24, 2.45) is 5.92 Å². The summed E-state index contributed by atoms with van der Waals surface area (Å²) < 4.78 is 0. The number of aromatic nitrogens is 1. The molecule has 5 nitrogen and oxygen atoms in total. The number of ketones is 2. The molecule has 0 radical (unpaired) electrons. The van der Waals surface area contributed by atoms with Crippen LogP contribution in [-0.2, 0) is 16.0 Å². The van der Waals surface area contributed by atoms with E-state index in [4.69, 9.17) is 0 Å². The lowest BCUT2D eigenvalue weighted by Crippen LogP contribution is -2.27. The summed E-state index contributed by atoms with van der Waals surface area (Å²) in [5.41, 5.74) is 0.667. The zero-order chi connectivity index (χ0) is 17.2. The van der Waals surface area contributed by atoms with Gasteiger partial charge in [-0.2, -0.15) is 10.0 Å². The van der Waals surface area contributed by atoms with Crippen LogP contribution in [0.15, 0.2) is 0 Å². The van der Waals surface area contributed by atoms with Crippen molar-refractivity contribution in [1.29, 1.82) is 0 Å². The summed E-state index contributed by atoms with van der Waals surface area (Å²) in [7, 11) is -1.09. The van der Waals surface area contributed by atoms with Crippen molar-refractivity contribution < 1.29 is 15.8 Å². The maximum atomic E-state index is 12.5. The number of nitrogens with one attached hydrogen (secondary N) is 1. The Labute approximate surface area is 143 Å². The maximum absolute atomic E-state index is 12.5. The number of carbonyl (C=O) groups excluding carboxylic acids is 3. The maximum Gasteiger partial charge on any atom is 0.223 e. The molecule has 2 rings (SSSR count). The highest BCUT2D eigenvalue weighted by molar-refractivity contribution is 8.36. The van der Waals surface area contributed by atoms with E-state index in [-0.39, 0.29) is 18.9 Å². The Bertz CT molecular complexity index is 731. The summed E-state index contributed by atoms with van der Waals surface area (Å²) in [6.07, 6.45) is 5.09. The van der Waals surface area contributed by atoms with Crippen LogP contribution in [0.4, 0.5) is 5.13 Å². The quantitative estimate of drug-likeness (QED) is 0.669. The molecular formula is C16H22N2O3S2. The summed E-state index contributed by atoms with van der Waals surface area (Å²) >= 11 is 1.13. The van der Waals surface area contributed by atoms with Crippen molar-refractivity contribution in [3.05, 3.63) is 10.6 Å². The third kappa shape index (κ3) is 4.21. The first-order valence-electron chi connectivity index (χ1n) is 7.32. The number of Topliss-reactive ketones (excluding diaryl/α,β-unsaturated/α-hetero) is 2. The fraction of sp³-hybridized carbons (Fsp3) is 0.500. The smallest absolute Gasteiger partial charge is 0.223 e. The number of hydrogen-bond donors (Lipinski definition) is 1. The fourth-order valence-electron chi connectivity index (χ4n) is 2.09. The molecule has 1 heterocycles. The molecule has 0 spiro atoms. The number of carbonyl (C=O) groups is 3. The van der Waals surface area contributed by atoms with Crippen LogP contribution in [0.3, 0.4) is 0 Å². The van der Waals surface area contributed by atoms with E-state index in [1.54, 1.807) is 0 Å². The highest BCUT2D eigenvalue weighted by Gasteiger charge is 2.35. The van der Waals surface area contributed by atoms with Crippen LogP contribution in [0, 0.1) is 17.1 Å². The minimum Gasteiger partial charge on any atom is -0.302 e. The van der Waals surface area contributed by atoms with Crippen LogP contribution in [0.1, 0.15) is 37.1 Å². The summed E-state index contributed by atoms with van der Waals surface area (Å²) in [4.78, 5) is 40.6. The number of amides is 1. The molecule has 126 valence electrons. The molecule has 1 amide bonds. The van der Waals surface area contributed by atoms with Crippen molar-refractivity contribution >= 4 is 44.0 Å². The molecule has 0 saturated carbocycles. The van der Waals surface area contributed by atoms with Crippen molar-refractivity contribution in [2.75, 3.05) is 23.6 Å². The summed E-state index contributed by atoms with van der Waals surface area (Å²) in [6.45, 7) is 3.44. The standard InChI is InChI=1S/C16H20N2O3S2.H2/c1-5-23(3,4)9-8-13(20)11-6-7-12-15(14(11)21)22-16(18-12)17-10(2)19;/h11H,5-7H2,1-4H3,(H,17,18,19);1H. The Balaban J connectivity index is 0.00000288. The van der Waals surface area contributed by atoms with Gasteiger partial charge in [0.05, 0.1) is 16.5 Å². The second-order valence-corrected chi connectivity index (χ2v) is 10.7. The number of thiazole rings is 1. The SMILES string of the molecule is CCS(C)(C)C#CC(=O)C1CCc2nc(NC(C)=O)sc2C1=O.[HH]. The molecule has 0 saturated heterocycles. The topological polar surface area (TPSA) is 76.1 Å². The Kier molecular flexibility index (Phi) is 5.27. The van der Waals surface area contributed by atoms with E-state index in [0.717, 1.165) is 17.1 Å². The second-order valence-electron chi connectivity index (χ2n) is 5.85. The summed E-state index contributed by atoms with van der Waals surface area (Å²) in [5, 5.41) is 6.04. The van der Waals surface area contributed by atoms with Gasteiger partial charge in [-0.3, -0.25) is 14.4 Å². The Morgan fingerprint density at radius 1 is 1.48 bits per heavy atom. The normalized spacial score (nSPS) is 17.7. The highest BCUT2D eigenvalue weighted by Crippen LogP contribution is 2.37. The molecule has 7 heteroatoms. The van der Waals surface area contributed by atoms with E-state index in [2.05, 4.69) is 34.0 Å². The third-order valence-corrected chi connectivity index (χ3v) is 6.80. The van der Waals surface area contributed by atoms with E-state index in [1.807, 2.05) is 6.92 Å². The highest BCUT2D eigenvalue weighted by atomic mass is 32.3. The lowest BCUT2D eigenvalue weighted by molar-refractivity contribution is -0.116. The predicted octanol–water partition coefficient (Wildman–Crippen LogP) is 2.71. The van der Waals surface area contributed by atoms with Crippen molar-refractivity contribution in [3.8, 4) is 11.2 Å². The Morgan fingerprint density at radius 2 is 2.17 bits per heavy atom. The molecule has 23 heavy (non-hydrogen) atoms. The Hall–Kier alpha value is -1.65. The molecule has 1 aromatic rings. The van der Waals surface area contributed by atoms with E-state index in [9.17, 15) is 14.4 Å². The molecule has 0 aromatic carbocycles. The zero-order valence-corrected chi connectivity index (χ0v) is 15.3. The molecule has 1 atom stereocenters. The average molecular weight is 354 g/mol. The molecule has 1 aliphatic rings. The molecule has 0 bridgehead atoms. The van der Waals surface area contributed by atoms with Crippen molar-refractivity contribution in [3.63, 3.8) is 0 Å². The van der Waals surface area contributed by atoms with Crippen LogP contribution in [-0.4, -0.2) is 40.7 Å². The van der Waals surface area contributed by atoms with Crippen LogP contribution in [0.2, 0.25) is 0 Å². The lowest BCUT2D eigenvalue weighted by Gasteiger charge is -2.21. The number of anilines is 1. The second kappa shape index (κ2) is 6.85. The van der Waals surface area contributed by atoms with E-state index < -0.39 is 15.9 Å². The first-order chi connectivity index (χ1) is 10.7. The third-order valence-electron chi connectivity index (χ3n) is 3.68. The van der Waals surface area contributed by atoms with Gasteiger partial charge < -0.3 is 5.32 Å². The number of fused-ring (bicyclic) bond motifs is 1. The first kappa shape index (κ1) is 17.7. The monoisotopic (exact) mass is 354 g/mol. The molecule has 1 aliphatic carbocycles. The van der Waals surface area contributed by atoms with Crippen LogP contribution in [0.25, 0.3) is 0 Å². The molecular weight excluding hydrogens is 332 g/mol. The minimum absolute atomic E-state index is 0. The fourth-order valence-corrected chi connectivity index (χ4v) is 3.66. The van der Waals surface area contributed by atoms with Gasteiger partial charge in [0.25, 0.3) is 0 Å². The summed E-state index contributed by atoms with van der Waals surface area (Å²) in [5.74, 6) is 2.16. The van der Waals surface area contributed by atoms with Gasteiger partial charge in [-0.05, 0) is 42.3 Å². The van der Waals surface area contributed by atoms with Gasteiger partial charge in [-0.1, -0.05) is 18.3 Å². The molecule has 0 aliphatic heterocycles. The number of rotatable bonds is 3. The van der Waals surface area contributed by atoms with Gasteiger partial charge in [0, 0.05) is 8.35 Å². The first-order valence-corrected chi connectivity index (χ1v) is 10.8. The molecule has 1 aromatic heterocycles. The predicted molar refractivity (Wildman–Crippen MR) is 97.4 cm³/mol. The van der Waals surface area contributed by atoms with Gasteiger partial charge >= 0.3 is 0 Å². The average Bonchev–Trinajstić information content (AvgIpc) is 2.88. The molecule has 1 N–H and O–H groups in total. The number of hydrogen-bond acceptors (Lipinski definition) is 5. The van der Waals surface area contributed by atoms with Gasteiger partial charge in [0.2, 0.25) is 11.7 Å². The minimum atomic E-state index is -1.09. The zero-order valence-electron chi connectivity index (χ0n) is 13.7. The molecule has 1 unspecified atom stereocenters. The number of nitrogens with zero attached hydrogens (tertiary/aromatic N) is 1. The van der Waals surface area contributed by atoms with E-state index >= 15 is 0 Å². The van der Waals surface area contributed by atoms with Crippen molar-refractivity contribution in [1.82, 2.24) is 4.98 Å². The number of aryl methyl sites for hydroxylation is 1. The van der Waals surface area contributed by atoms with E-state index in [1.165, 1.54) is 6.92 Å². The van der Waals surface area contributed by atoms with Crippen molar-refractivity contribution in [2.45, 2.75) is 26.7 Å².